The molecule has 0 fully saturated rings. The molecule has 2 nitrogen and oxygen atoms in total. The van der Waals surface area contributed by atoms with Crippen LogP contribution in [-0.2, 0) is 9.47 Å². The quantitative estimate of drug-likeness (QED) is 0.287. The zero-order valence-corrected chi connectivity index (χ0v) is 23.9. The molecule has 194 valence electrons. The van der Waals surface area contributed by atoms with Crippen LogP contribution in [0.4, 0.5) is 0 Å². The Labute approximate surface area is 221 Å². The molecule has 2 rings (SSSR count). The largest absolute Gasteiger partial charge is 0.490 e. The van der Waals surface area contributed by atoms with Crippen LogP contribution in [-0.4, -0.2) is 29.3 Å². The molecule has 34 heavy (non-hydrogen) atoms. The predicted molar refractivity (Wildman–Crippen MR) is 155 cm³/mol. The second kappa shape index (κ2) is 16.2. The van der Waals surface area contributed by atoms with Gasteiger partial charge in [-0.2, -0.15) is 25.3 Å². The van der Waals surface area contributed by atoms with E-state index in [-0.39, 0.29) is 17.5 Å². The fourth-order valence-corrected chi connectivity index (χ4v) is 6.14. The Morgan fingerprint density at radius 2 is 2.00 bits per heavy atom. The molecular weight excluding hydrogens is 456 g/mol. The number of hydrogen-bond donors (Lipinski definition) is 2. The molecule has 0 N–H and O–H groups in total. The molecule has 7 atom stereocenters. The number of thiol groups is 2. The lowest BCUT2D eigenvalue weighted by Crippen LogP contribution is -2.30. The summed E-state index contributed by atoms with van der Waals surface area (Å²) < 4.78 is 13.0. The number of allylic oxidation sites excluding steroid dienone is 3. The molecule has 2 aliphatic heterocycles. The molecule has 2 heterocycles. The molecule has 0 saturated heterocycles. The summed E-state index contributed by atoms with van der Waals surface area (Å²) in [4.78, 5) is 0. The van der Waals surface area contributed by atoms with Crippen molar-refractivity contribution in [2.45, 2.75) is 115 Å². The van der Waals surface area contributed by atoms with Crippen LogP contribution in [0.3, 0.4) is 0 Å². The summed E-state index contributed by atoms with van der Waals surface area (Å²) in [5.74, 6) is 3.66. The third-order valence-electron chi connectivity index (χ3n) is 7.45. The predicted octanol–water partition coefficient (Wildman–Crippen LogP) is 8.76. The van der Waals surface area contributed by atoms with Gasteiger partial charge in [0.1, 0.15) is 11.9 Å². The van der Waals surface area contributed by atoms with Crippen LogP contribution >= 0.6 is 25.3 Å². The zero-order chi connectivity index (χ0) is 24.9. The van der Waals surface area contributed by atoms with Crippen molar-refractivity contribution in [3.8, 4) is 0 Å². The lowest BCUT2D eigenvalue weighted by Gasteiger charge is -2.32. The lowest BCUT2D eigenvalue weighted by atomic mass is 9.81. The highest BCUT2D eigenvalue weighted by atomic mass is 32.1. The van der Waals surface area contributed by atoms with Gasteiger partial charge in [-0.1, -0.05) is 57.6 Å². The Balaban J connectivity index is 2.24. The number of hydrogen-bond acceptors (Lipinski definition) is 4. The summed E-state index contributed by atoms with van der Waals surface area (Å²) in [6.45, 7) is 13.5. The van der Waals surface area contributed by atoms with E-state index in [1.54, 1.807) is 0 Å². The van der Waals surface area contributed by atoms with Crippen molar-refractivity contribution in [3.05, 3.63) is 48.3 Å². The smallest absolute Gasteiger partial charge is 0.115 e. The fourth-order valence-electron chi connectivity index (χ4n) is 5.37. The minimum absolute atomic E-state index is 0.101. The Morgan fingerprint density at radius 1 is 1.21 bits per heavy atom. The number of fused-ring (bicyclic) bond motifs is 2. The van der Waals surface area contributed by atoms with Crippen molar-refractivity contribution in [2.24, 2.45) is 17.8 Å². The summed E-state index contributed by atoms with van der Waals surface area (Å²) in [6, 6.07) is 0. The van der Waals surface area contributed by atoms with E-state index in [1.807, 2.05) is 0 Å². The maximum absolute atomic E-state index is 6.62. The molecule has 0 aromatic heterocycles. The molecule has 0 radical (unpaired) electrons. The normalized spacial score (nSPS) is 35.2. The molecule has 2 aliphatic rings. The second-order valence-corrected chi connectivity index (χ2v) is 11.7. The fraction of sp³-hybridized carbons (Fsp3) is 0.733. The Kier molecular flexibility index (Phi) is 14.1. The van der Waals surface area contributed by atoms with Crippen LogP contribution < -0.4 is 0 Å². The Bertz CT molecular complexity index is 683. The van der Waals surface area contributed by atoms with E-state index in [4.69, 9.17) is 22.1 Å². The molecule has 0 aromatic rings. The van der Waals surface area contributed by atoms with Crippen molar-refractivity contribution < 1.29 is 9.47 Å². The van der Waals surface area contributed by atoms with Crippen LogP contribution in [0.25, 0.3) is 0 Å². The van der Waals surface area contributed by atoms with Crippen LogP contribution in [0.1, 0.15) is 91.9 Å². The topological polar surface area (TPSA) is 18.5 Å². The third kappa shape index (κ3) is 10.6. The highest BCUT2D eigenvalue weighted by molar-refractivity contribution is 7.81. The third-order valence-corrected chi connectivity index (χ3v) is 8.30. The summed E-state index contributed by atoms with van der Waals surface area (Å²) in [5, 5.41) is 0.231. The second-order valence-electron chi connectivity index (χ2n) is 10.6. The SMILES string of the molecule is C=C1CCC(C)C(CCS)CC(C(S)CCC)OC(=C/C)/C=C\CC2C=CCC(CC(C)C1)O2. The zero-order valence-electron chi connectivity index (χ0n) is 22.1. The molecule has 0 amide bonds. The van der Waals surface area contributed by atoms with Gasteiger partial charge >= 0.3 is 0 Å². The van der Waals surface area contributed by atoms with E-state index >= 15 is 0 Å². The van der Waals surface area contributed by atoms with Crippen molar-refractivity contribution >= 4 is 25.3 Å². The lowest BCUT2D eigenvalue weighted by molar-refractivity contribution is -0.00432. The van der Waals surface area contributed by atoms with E-state index in [9.17, 15) is 0 Å². The van der Waals surface area contributed by atoms with Crippen molar-refractivity contribution in [2.75, 3.05) is 5.75 Å². The van der Waals surface area contributed by atoms with E-state index in [0.717, 1.165) is 69.3 Å². The summed E-state index contributed by atoms with van der Waals surface area (Å²) >= 11 is 9.59. The molecule has 0 spiro atoms. The van der Waals surface area contributed by atoms with Gasteiger partial charge in [0.05, 0.1) is 12.2 Å². The van der Waals surface area contributed by atoms with E-state index in [2.05, 4.69) is 77.3 Å². The Morgan fingerprint density at radius 3 is 2.71 bits per heavy atom. The molecule has 0 aliphatic carbocycles. The van der Waals surface area contributed by atoms with Gasteiger partial charge in [-0.15, -0.1) is 0 Å². The van der Waals surface area contributed by atoms with Crippen LogP contribution in [0, 0.1) is 17.8 Å². The van der Waals surface area contributed by atoms with Gasteiger partial charge in [0.25, 0.3) is 0 Å². The molecule has 2 bridgehead atoms. The summed E-state index contributed by atoms with van der Waals surface area (Å²) in [5.41, 5.74) is 1.39. The summed E-state index contributed by atoms with van der Waals surface area (Å²) in [6.07, 6.45) is 22.2. The average Bonchev–Trinajstić information content (AvgIpc) is 2.80. The van der Waals surface area contributed by atoms with Gasteiger partial charge in [-0.3, -0.25) is 0 Å². The first-order valence-electron chi connectivity index (χ1n) is 13.6. The summed E-state index contributed by atoms with van der Waals surface area (Å²) in [7, 11) is 0. The van der Waals surface area contributed by atoms with Gasteiger partial charge in [0.15, 0.2) is 0 Å². The first kappa shape index (κ1) is 29.6. The van der Waals surface area contributed by atoms with Crippen molar-refractivity contribution in [1.82, 2.24) is 0 Å². The first-order valence-corrected chi connectivity index (χ1v) is 14.8. The van der Waals surface area contributed by atoms with Crippen LogP contribution in [0.15, 0.2) is 48.3 Å². The molecule has 4 heteroatoms. The van der Waals surface area contributed by atoms with Crippen LogP contribution in [0.2, 0.25) is 0 Å². The standard InChI is InChI=1S/C30H50O2S2/c1-6-10-30(34)29-21-25(17-18-33)24(5)16-15-22(3)19-23(4)20-28-14-9-13-27(31-28)12-8-11-26(7-2)32-29/h7-9,11,13,23-25,27-30,33-34H,3,6,10,12,14-21H2,1-2,4-5H3/b11-8-,26-7+. The highest BCUT2D eigenvalue weighted by Crippen LogP contribution is 2.33. The maximum Gasteiger partial charge on any atom is 0.115 e. The highest BCUT2D eigenvalue weighted by Gasteiger charge is 2.27. The van der Waals surface area contributed by atoms with Gasteiger partial charge in [0.2, 0.25) is 0 Å². The van der Waals surface area contributed by atoms with Crippen LogP contribution in [0.5, 0.6) is 0 Å². The van der Waals surface area contributed by atoms with Crippen molar-refractivity contribution in [3.63, 3.8) is 0 Å². The minimum atomic E-state index is 0.101. The average molecular weight is 507 g/mol. The maximum atomic E-state index is 6.62. The minimum Gasteiger partial charge on any atom is -0.490 e. The van der Waals surface area contributed by atoms with Crippen molar-refractivity contribution in [1.29, 1.82) is 0 Å². The first-order chi connectivity index (χ1) is 16.4. The van der Waals surface area contributed by atoms with Gasteiger partial charge in [-0.05, 0) is 100 Å². The molecule has 0 saturated carbocycles. The van der Waals surface area contributed by atoms with Gasteiger partial charge in [0, 0.05) is 5.25 Å². The molecule has 7 unspecified atom stereocenters. The van der Waals surface area contributed by atoms with E-state index < -0.39 is 0 Å². The van der Waals surface area contributed by atoms with Gasteiger partial charge in [-0.25, -0.2) is 0 Å². The monoisotopic (exact) mass is 506 g/mol. The number of ether oxygens (including phenoxy) is 2. The molecule has 0 aromatic carbocycles. The van der Waals surface area contributed by atoms with E-state index in [0.29, 0.717) is 23.9 Å². The Hall–Kier alpha value is -0.580. The number of rotatable bonds is 5. The van der Waals surface area contributed by atoms with E-state index in [1.165, 1.54) is 12.0 Å². The molecular formula is C30H50O2S2. The van der Waals surface area contributed by atoms with Gasteiger partial charge < -0.3 is 9.47 Å².